The summed E-state index contributed by atoms with van der Waals surface area (Å²) in [5.74, 6) is 1.42. The van der Waals surface area contributed by atoms with E-state index in [0.29, 0.717) is 17.9 Å². The first kappa shape index (κ1) is 14.0. The summed E-state index contributed by atoms with van der Waals surface area (Å²) in [5, 5.41) is 7.56. The van der Waals surface area contributed by atoms with Crippen molar-refractivity contribution >= 4 is 0 Å². The van der Waals surface area contributed by atoms with Gasteiger partial charge in [-0.15, -0.1) is 0 Å². The van der Waals surface area contributed by atoms with Gasteiger partial charge in [0, 0.05) is 31.6 Å². The van der Waals surface area contributed by atoms with Gasteiger partial charge in [0.25, 0.3) is 0 Å². The lowest BCUT2D eigenvalue weighted by Crippen LogP contribution is -2.42. The van der Waals surface area contributed by atoms with Crippen molar-refractivity contribution in [3.8, 4) is 0 Å². The van der Waals surface area contributed by atoms with Gasteiger partial charge in [0.1, 0.15) is 6.10 Å². The Balaban J connectivity index is 1.60. The van der Waals surface area contributed by atoms with Gasteiger partial charge in [0.15, 0.2) is 0 Å². The molecule has 0 bridgehead atoms. The zero-order valence-corrected chi connectivity index (χ0v) is 12.3. The lowest BCUT2D eigenvalue weighted by atomic mass is 10.1. The molecule has 20 heavy (non-hydrogen) atoms. The van der Waals surface area contributed by atoms with Crippen LogP contribution in [-0.2, 0) is 11.2 Å². The summed E-state index contributed by atoms with van der Waals surface area (Å²) in [5.41, 5.74) is 0. The van der Waals surface area contributed by atoms with E-state index in [1.807, 2.05) is 0 Å². The number of aromatic nitrogens is 2. The first-order chi connectivity index (χ1) is 9.72. The van der Waals surface area contributed by atoms with E-state index in [9.17, 15) is 0 Å². The summed E-state index contributed by atoms with van der Waals surface area (Å²) >= 11 is 0. The van der Waals surface area contributed by atoms with E-state index in [1.165, 1.54) is 12.8 Å². The zero-order chi connectivity index (χ0) is 13.9. The van der Waals surface area contributed by atoms with Crippen molar-refractivity contribution in [2.45, 2.75) is 51.3 Å². The number of rotatable bonds is 4. The van der Waals surface area contributed by atoms with Crippen LogP contribution in [0.1, 0.15) is 44.5 Å². The molecule has 0 radical (unpaired) electrons. The van der Waals surface area contributed by atoms with Gasteiger partial charge in [-0.05, 0) is 33.2 Å². The van der Waals surface area contributed by atoms with Crippen molar-refractivity contribution in [3.05, 3.63) is 11.7 Å². The Kier molecular flexibility index (Phi) is 4.33. The summed E-state index contributed by atoms with van der Waals surface area (Å²) in [6.45, 7) is 8.06. The molecule has 1 aromatic heterocycles. The molecule has 1 N–H and O–H groups in total. The van der Waals surface area contributed by atoms with Crippen LogP contribution in [0, 0.1) is 0 Å². The van der Waals surface area contributed by atoms with Crippen LogP contribution in [0.5, 0.6) is 0 Å². The fourth-order valence-corrected chi connectivity index (χ4v) is 2.92. The standard InChI is InChI=1S/C14H24N4O2/c1-10(2)18-6-7-19-12(9-18)14-16-13(20-17-14)8-11-4-3-5-15-11/h10-12,15H,3-9H2,1-2H3. The topological polar surface area (TPSA) is 63.4 Å². The second kappa shape index (κ2) is 6.20. The SMILES string of the molecule is CC(C)N1CCOC(c2noc(CC3CCCN3)n2)C1. The first-order valence-electron chi connectivity index (χ1n) is 7.64. The Labute approximate surface area is 119 Å². The average Bonchev–Trinajstić information content (AvgIpc) is 3.11. The molecule has 112 valence electrons. The highest BCUT2D eigenvalue weighted by atomic mass is 16.5. The second-order valence-corrected chi connectivity index (χ2v) is 5.99. The van der Waals surface area contributed by atoms with Gasteiger partial charge in [-0.2, -0.15) is 4.98 Å². The number of morpholine rings is 1. The highest BCUT2D eigenvalue weighted by Crippen LogP contribution is 2.21. The van der Waals surface area contributed by atoms with Crippen molar-refractivity contribution in [2.75, 3.05) is 26.2 Å². The minimum Gasteiger partial charge on any atom is -0.367 e. The zero-order valence-electron chi connectivity index (χ0n) is 12.3. The summed E-state index contributed by atoms with van der Waals surface area (Å²) in [7, 11) is 0. The van der Waals surface area contributed by atoms with Crippen molar-refractivity contribution in [2.24, 2.45) is 0 Å². The molecular formula is C14H24N4O2. The molecule has 2 saturated heterocycles. The number of nitrogens with one attached hydrogen (secondary N) is 1. The third-order valence-electron chi connectivity index (χ3n) is 4.18. The van der Waals surface area contributed by atoms with Crippen LogP contribution < -0.4 is 5.32 Å². The normalized spacial score (nSPS) is 28.4. The van der Waals surface area contributed by atoms with Crippen LogP contribution in [0.15, 0.2) is 4.52 Å². The summed E-state index contributed by atoms with van der Waals surface area (Å²) in [4.78, 5) is 6.91. The van der Waals surface area contributed by atoms with Crippen LogP contribution in [0.25, 0.3) is 0 Å². The lowest BCUT2D eigenvalue weighted by molar-refractivity contribution is -0.0450. The molecule has 3 heterocycles. The van der Waals surface area contributed by atoms with Crippen LogP contribution >= 0.6 is 0 Å². The number of hydrogen-bond donors (Lipinski definition) is 1. The average molecular weight is 280 g/mol. The van der Waals surface area contributed by atoms with E-state index in [-0.39, 0.29) is 6.10 Å². The maximum atomic E-state index is 5.79. The van der Waals surface area contributed by atoms with Gasteiger partial charge in [-0.25, -0.2) is 0 Å². The third kappa shape index (κ3) is 3.19. The van der Waals surface area contributed by atoms with Crippen molar-refractivity contribution < 1.29 is 9.26 Å². The van der Waals surface area contributed by atoms with Crippen molar-refractivity contribution in [1.29, 1.82) is 0 Å². The van der Waals surface area contributed by atoms with E-state index in [2.05, 4.69) is 34.2 Å². The van der Waals surface area contributed by atoms with Gasteiger partial charge in [0.05, 0.1) is 6.61 Å². The summed E-state index contributed by atoms with van der Waals surface area (Å²) < 4.78 is 11.2. The maximum absolute atomic E-state index is 5.79. The predicted octanol–water partition coefficient (Wildman–Crippen LogP) is 1.15. The molecule has 2 fully saturated rings. The molecule has 2 aliphatic rings. The van der Waals surface area contributed by atoms with Crippen LogP contribution in [0.2, 0.25) is 0 Å². The number of nitrogens with zero attached hydrogens (tertiary/aromatic N) is 3. The largest absolute Gasteiger partial charge is 0.367 e. The molecule has 2 atom stereocenters. The van der Waals surface area contributed by atoms with Crippen LogP contribution in [0.4, 0.5) is 0 Å². The Bertz CT molecular complexity index is 429. The Morgan fingerprint density at radius 1 is 1.45 bits per heavy atom. The minimum atomic E-state index is -0.0554. The van der Waals surface area contributed by atoms with E-state index < -0.39 is 0 Å². The van der Waals surface area contributed by atoms with Crippen molar-refractivity contribution in [3.63, 3.8) is 0 Å². The van der Waals surface area contributed by atoms with E-state index in [4.69, 9.17) is 9.26 Å². The smallest absolute Gasteiger partial charge is 0.228 e. The maximum Gasteiger partial charge on any atom is 0.228 e. The molecule has 2 unspecified atom stereocenters. The van der Waals surface area contributed by atoms with Gasteiger partial charge < -0.3 is 14.6 Å². The Morgan fingerprint density at radius 2 is 2.35 bits per heavy atom. The molecule has 1 aromatic rings. The highest BCUT2D eigenvalue weighted by Gasteiger charge is 2.28. The summed E-state index contributed by atoms with van der Waals surface area (Å²) in [6, 6.07) is 1.01. The fourth-order valence-electron chi connectivity index (χ4n) is 2.92. The van der Waals surface area contributed by atoms with Gasteiger partial charge >= 0.3 is 0 Å². The molecule has 2 aliphatic heterocycles. The molecule has 0 aliphatic carbocycles. The molecule has 0 saturated carbocycles. The molecule has 6 heteroatoms. The molecule has 6 nitrogen and oxygen atoms in total. The molecular weight excluding hydrogens is 256 g/mol. The third-order valence-corrected chi connectivity index (χ3v) is 4.18. The van der Waals surface area contributed by atoms with Crippen LogP contribution in [-0.4, -0.2) is 53.4 Å². The monoisotopic (exact) mass is 280 g/mol. The Hall–Kier alpha value is -0.980. The molecule has 3 rings (SSSR count). The quantitative estimate of drug-likeness (QED) is 0.892. The molecule has 0 spiro atoms. The van der Waals surface area contributed by atoms with Gasteiger partial charge in [-0.1, -0.05) is 5.16 Å². The van der Waals surface area contributed by atoms with Gasteiger partial charge in [-0.3, -0.25) is 4.90 Å². The summed E-state index contributed by atoms with van der Waals surface area (Å²) in [6.07, 6.45) is 3.20. The van der Waals surface area contributed by atoms with Crippen LogP contribution in [0.3, 0.4) is 0 Å². The lowest BCUT2D eigenvalue weighted by Gasteiger charge is -2.34. The highest BCUT2D eigenvalue weighted by molar-refractivity contribution is 4.96. The second-order valence-electron chi connectivity index (χ2n) is 5.99. The first-order valence-corrected chi connectivity index (χ1v) is 7.64. The van der Waals surface area contributed by atoms with E-state index in [0.717, 1.165) is 38.6 Å². The van der Waals surface area contributed by atoms with Crippen molar-refractivity contribution in [1.82, 2.24) is 20.4 Å². The molecule has 0 amide bonds. The predicted molar refractivity (Wildman–Crippen MR) is 74.4 cm³/mol. The Morgan fingerprint density at radius 3 is 3.10 bits per heavy atom. The minimum absolute atomic E-state index is 0.0554. The number of ether oxygens (including phenoxy) is 1. The molecule has 0 aromatic carbocycles. The van der Waals surface area contributed by atoms with Gasteiger partial charge in [0.2, 0.25) is 11.7 Å². The number of hydrogen-bond acceptors (Lipinski definition) is 6. The van der Waals surface area contributed by atoms with E-state index in [1.54, 1.807) is 0 Å². The fraction of sp³-hybridized carbons (Fsp3) is 0.857. The van der Waals surface area contributed by atoms with E-state index >= 15 is 0 Å².